The number of nitrogens with one attached hydrogen (secondary N) is 1. The smallest absolute Gasteiger partial charge is 0.267 e. The third-order valence-corrected chi connectivity index (χ3v) is 4.43. The van der Waals surface area contributed by atoms with Gasteiger partial charge in [-0.2, -0.15) is 5.10 Å². The highest BCUT2D eigenvalue weighted by Gasteiger charge is 2.24. The molecule has 0 radical (unpaired) electrons. The Morgan fingerprint density at radius 1 is 1.33 bits per heavy atom. The molecular weight excluding hydrogens is 339 g/mol. The fraction of sp³-hybridized carbons (Fsp3) is 0.300. The van der Waals surface area contributed by atoms with Crippen LogP contribution in [0.1, 0.15) is 13.3 Å². The van der Waals surface area contributed by atoms with Gasteiger partial charge in [-0.3, -0.25) is 9.40 Å². The van der Waals surface area contributed by atoms with Crippen LogP contribution in [0.15, 0.2) is 17.4 Å². The summed E-state index contributed by atoms with van der Waals surface area (Å²) in [6.07, 6.45) is 3.25. The SMILES string of the molecule is CCCn1cc(S(=O)(=O)Nc2c(Cl)ncnc2Cl)c(N)n1. The summed E-state index contributed by atoms with van der Waals surface area (Å²) in [5.41, 5.74) is 5.53. The number of halogens is 2. The molecule has 0 saturated carbocycles. The average Bonchev–Trinajstić information content (AvgIpc) is 2.76. The number of rotatable bonds is 5. The molecule has 3 N–H and O–H groups in total. The lowest BCUT2D eigenvalue weighted by Gasteiger charge is -2.08. The highest BCUT2D eigenvalue weighted by Crippen LogP contribution is 2.29. The number of nitrogens with zero attached hydrogens (tertiary/aromatic N) is 4. The van der Waals surface area contributed by atoms with E-state index in [9.17, 15) is 8.42 Å². The quantitative estimate of drug-likeness (QED) is 0.793. The summed E-state index contributed by atoms with van der Waals surface area (Å²) in [5, 5.41) is 3.71. The first-order valence-corrected chi connectivity index (χ1v) is 8.10. The first-order chi connectivity index (χ1) is 9.85. The molecule has 0 aliphatic rings. The normalized spacial score (nSPS) is 11.6. The minimum atomic E-state index is -3.99. The van der Waals surface area contributed by atoms with E-state index in [4.69, 9.17) is 28.9 Å². The van der Waals surface area contributed by atoms with Crippen LogP contribution in [0.25, 0.3) is 0 Å². The first-order valence-electron chi connectivity index (χ1n) is 5.87. The molecule has 2 rings (SSSR count). The minimum Gasteiger partial charge on any atom is -0.381 e. The lowest BCUT2D eigenvalue weighted by molar-refractivity contribution is 0.595. The molecule has 0 bridgehead atoms. The van der Waals surface area contributed by atoms with Crippen LogP contribution >= 0.6 is 23.2 Å². The molecular formula is C10H12Cl2N6O2S. The van der Waals surface area contributed by atoms with Crippen LogP contribution in [-0.2, 0) is 16.6 Å². The summed E-state index contributed by atoms with van der Waals surface area (Å²) >= 11 is 11.6. The van der Waals surface area contributed by atoms with Crippen molar-refractivity contribution in [1.29, 1.82) is 0 Å². The van der Waals surface area contributed by atoms with Gasteiger partial charge in [-0.25, -0.2) is 18.4 Å². The van der Waals surface area contributed by atoms with Crippen LogP contribution in [0, 0.1) is 0 Å². The maximum atomic E-state index is 12.3. The van der Waals surface area contributed by atoms with Crippen molar-refractivity contribution in [3.8, 4) is 0 Å². The Bertz CT molecular complexity index is 741. The van der Waals surface area contributed by atoms with E-state index in [1.54, 1.807) is 0 Å². The molecule has 0 aliphatic heterocycles. The molecule has 11 heteroatoms. The number of anilines is 2. The standard InChI is InChI=1S/C10H12Cl2N6O2S/c1-2-3-18-4-6(10(13)16-18)21(19,20)17-7-8(11)14-5-15-9(7)12/h4-5,17H,2-3H2,1H3,(H2,13,16). The lowest BCUT2D eigenvalue weighted by atomic mass is 10.5. The zero-order valence-corrected chi connectivity index (χ0v) is 13.2. The van der Waals surface area contributed by atoms with Gasteiger partial charge in [0.25, 0.3) is 10.0 Å². The highest BCUT2D eigenvalue weighted by atomic mass is 35.5. The van der Waals surface area contributed by atoms with Crippen LogP contribution in [0.5, 0.6) is 0 Å². The topological polar surface area (TPSA) is 116 Å². The second-order valence-electron chi connectivity index (χ2n) is 4.08. The van der Waals surface area contributed by atoms with Crippen molar-refractivity contribution in [2.45, 2.75) is 24.8 Å². The molecule has 21 heavy (non-hydrogen) atoms. The van der Waals surface area contributed by atoms with Crippen molar-refractivity contribution >= 4 is 44.7 Å². The van der Waals surface area contributed by atoms with Gasteiger partial charge in [-0.1, -0.05) is 30.1 Å². The zero-order chi connectivity index (χ0) is 15.6. The fourth-order valence-corrected chi connectivity index (χ4v) is 3.26. The van der Waals surface area contributed by atoms with Crippen molar-refractivity contribution in [1.82, 2.24) is 19.7 Å². The Hall–Kier alpha value is -1.58. The van der Waals surface area contributed by atoms with Gasteiger partial charge < -0.3 is 5.73 Å². The summed E-state index contributed by atoms with van der Waals surface area (Å²) in [4.78, 5) is 7.17. The zero-order valence-electron chi connectivity index (χ0n) is 10.9. The number of hydrogen-bond donors (Lipinski definition) is 2. The van der Waals surface area contributed by atoms with Crippen LogP contribution in [0.4, 0.5) is 11.5 Å². The van der Waals surface area contributed by atoms with E-state index >= 15 is 0 Å². The van der Waals surface area contributed by atoms with E-state index in [-0.39, 0.29) is 26.7 Å². The molecule has 0 aliphatic carbocycles. The van der Waals surface area contributed by atoms with Crippen molar-refractivity contribution in [3.63, 3.8) is 0 Å². The summed E-state index contributed by atoms with van der Waals surface area (Å²) in [6, 6.07) is 0. The third-order valence-electron chi connectivity index (χ3n) is 2.49. The van der Waals surface area contributed by atoms with Crippen LogP contribution in [-0.4, -0.2) is 28.2 Å². The van der Waals surface area contributed by atoms with Gasteiger partial charge in [0, 0.05) is 12.7 Å². The van der Waals surface area contributed by atoms with E-state index in [2.05, 4.69) is 19.8 Å². The molecule has 0 amide bonds. The highest BCUT2D eigenvalue weighted by molar-refractivity contribution is 7.92. The second-order valence-corrected chi connectivity index (χ2v) is 6.44. The van der Waals surface area contributed by atoms with Gasteiger partial charge >= 0.3 is 0 Å². The maximum absolute atomic E-state index is 12.3. The second kappa shape index (κ2) is 6.04. The Labute approximate surface area is 131 Å². The maximum Gasteiger partial charge on any atom is 0.267 e. The molecule has 0 unspecified atom stereocenters. The molecule has 114 valence electrons. The predicted octanol–water partition coefficient (Wildman–Crippen LogP) is 1.77. The van der Waals surface area contributed by atoms with E-state index in [0.717, 1.165) is 12.7 Å². The van der Waals surface area contributed by atoms with Gasteiger partial charge in [0.1, 0.15) is 16.9 Å². The Morgan fingerprint density at radius 2 is 1.95 bits per heavy atom. The summed E-state index contributed by atoms with van der Waals surface area (Å²) in [5.74, 6) is -0.111. The van der Waals surface area contributed by atoms with Crippen LogP contribution in [0.2, 0.25) is 10.3 Å². The number of aryl methyl sites for hydroxylation is 1. The van der Waals surface area contributed by atoms with Gasteiger partial charge in [-0.05, 0) is 6.42 Å². The van der Waals surface area contributed by atoms with Gasteiger partial charge in [0.05, 0.1) is 0 Å². The molecule has 0 aromatic carbocycles. The van der Waals surface area contributed by atoms with Crippen molar-refractivity contribution < 1.29 is 8.42 Å². The molecule has 0 atom stereocenters. The number of sulfonamides is 1. The van der Waals surface area contributed by atoms with Crippen LogP contribution < -0.4 is 10.5 Å². The first kappa shape index (κ1) is 15.8. The minimum absolute atomic E-state index is 0.108. The number of aromatic nitrogens is 4. The molecule has 8 nitrogen and oxygen atoms in total. The molecule has 2 aromatic rings. The van der Waals surface area contributed by atoms with E-state index in [0.29, 0.717) is 6.54 Å². The predicted molar refractivity (Wildman–Crippen MR) is 79.8 cm³/mol. The summed E-state index contributed by atoms with van der Waals surface area (Å²) in [6.45, 7) is 2.49. The van der Waals surface area contributed by atoms with Gasteiger partial charge in [-0.15, -0.1) is 0 Å². The van der Waals surface area contributed by atoms with Gasteiger partial charge in [0.15, 0.2) is 16.1 Å². The third kappa shape index (κ3) is 3.36. The lowest BCUT2D eigenvalue weighted by Crippen LogP contribution is -2.15. The Balaban J connectivity index is 2.39. The van der Waals surface area contributed by atoms with Crippen molar-refractivity contribution in [3.05, 3.63) is 22.8 Å². The molecule has 2 heterocycles. The van der Waals surface area contributed by atoms with E-state index in [1.807, 2.05) is 6.92 Å². The van der Waals surface area contributed by atoms with Crippen molar-refractivity contribution in [2.75, 3.05) is 10.5 Å². The molecule has 0 fully saturated rings. The van der Waals surface area contributed by atoms with Crippen LogP contribution in [0.3, 0.4) is 0 Å². The largest absolute Gasteiger partial charge is 0.381 e. The summed E-state index contributed by atoms with van der Waals surface area (Å²) in [7, 11) is -3.99. The van der Waals surface area contributed by atoms with E-state index in [1.165, 1.54) is 10.9 Å². The molecule has 2 aromatic heterocycles. The van der Waals surface area contributed by atoms with Crippen molar-refractivity contribution in [2.24, 2.45) is 0 Å². The molecule has 0 saturated heterocycles. The number of nitrogens with two attached hydrogens (primary N) is 1. The Kier molecular flexibility index (Phi) is 4.55. The summed E-state index contributed by atoms with van der Waals surface area (Å²) < 4.78 is 28.3. The number of hydrogen-bond acceptors (Lipinski definition) is 6. The molecule has 0 spiro atoms. The average molecular weight is 351 g/mol. The monoisotopic (exact) mass is 350 g/mol. The van der Waals surface area contributed by atoms with Gasteiger partial charge in [0.2, 0.25) is 0 Å². The number of nitrogen functional groups attached to an aromatic ring is 1. The Morgan fingerprint density at radius 3 is 2.52 bits per heavy atom. The van der Waals surface area contributed by atoms with E-state index < -0.39 is 10.0 Å². The fourth-order valence-electron chi connectivity index (χ4n) is 1.59.